The molecule has 0 amide bonds. The minimum Gasteiger partial charge on any atom is -0.508 e. The van der Waals surface area contributed by atoms with Crippen LogP contribution in [0, 0.1) is 18.2 Å². The van der Waals surface area contributed by atoms with E-state index in [0.29, 0.717) is 18.4 Å². The van der Waals surface area contributed by atoms with Gasteiger partial charge in [-0.2, -0.15) is 18.2 Å². The maximum absolute atomic E-state index is 14.8. The van der Waals surface area contributed by atoms with Crippen LogP contribution in [-0.2, 0) is 0 Å². The number of phenolic OH excluding ortho intramolecular Hbond substituents is 1. The van der Waals surface area contributed by atoms with Gasteiger partial charge in [-0.3, -0.25) is 4.90 Å². The van der Waals surface area contributed by atoms with E-state index in [4.69, 9.17) is 11.2 Å². The lowest BCUT2D eigenvalue weighted by atomic mass is 9.95. The van der Waals surface area contributed by atoms with Gasteiger partial charge in [-0.05, 0) is 55.5 Å². The van der Waals surface area contributed by atoms with Crippen molar-refractivity contribution < 1.29 is 31.8 Å². The van der Waals surface area contributed by atoms with Crippen LogP contribution in [0.4, 0.5) is 27.8 Å². The summed E-state index contributed by atoms with van der Waals surface area (Å²) in [7, 11) is 0. The zero-order valence-corrected chi connectivity index (χ0v) is 22.8. The molecule has 0 aliphatic carbocycles. The largest absolute Gasteiger partial charge is 0.508 e. The number of pyridine rings is 1. The monoisotopic (exact) mass is 595 g/mol. The van der Waals surface area contributed by atoms with Crippen molar-refractivity contribution in [1.82, 2.24) is 19.9 Å². The fourth-order valence-corrected chi connectivity index (χ4v) is 6.82. The van der Waals surface area contributed by atoms with Crippen molar-refractivity contribution in [2.24, 2.45) is 0 Å². The number of hydrogen-bond acceptors (Lipinski definition) is 7. The van der Waals surface area contributed by atoms with Crippen molar-refractivity contribution in [3.63, 3.8) is 0 Å². The number of benzene rings is 2. The van der Waals surface area contributed by atoms with Crippen LogP contribution in [0.1, 0.15) is 31.2 Å². The van der Waals surface area contributed by atoms with E-state index < -0.39 is 29.7 Å². The standard InChI is InChI=1S/C31H26F5N5O2/c1-2-20-23(33)5-4-17-10-19(42)11-21(27(17)20)24-12-25-22(28(38-24)41-9-6-26(41)31(34,35)36)14-37-29(39-25)43-16-30-7-3-8-40(30)15-18(32)13-30/h1,4-5,10-12,14,18,26,42H,3,6-9,13,15-16H2/t18-,26+,30+/m1/s1. The number of alkyl halides is 4. The Morgan fingerprint density at radius 2 is 2.00 bits per heavy atom. The average molecular weight is 596 g/mol. The quantitative estimate of drug-likeness (QED) is 0.232. The molecular weight excluding hydrogens is 569 g/mol. The molecule has 0 saturated carbocycles. The number of fused-ring (bicyclic) bond motifs is 3. The molecule has 2 aromatic heterocycles. The molecule has 3 aliphatic rings. The molecule has 2 aromatic carbocycles. The second-order valence-electron chi connectivity index (χ2n) is 11.5. The maximum atomic E-state index is 14.8. The summed E-state index contributed by atoms with van der Waals surface area (Å²) < 4.78 is 76.6. The highest BCUT2D eigenvalue weighted by molar-refractivity contribution is 6.03. The molecule has 5 heterocycles. The highest BCUT2D eigenvalue weighted by atomic mass is 19.4. The Morgan fingerprint density at radius 1 is 1.16 bits per heavy atom. The summed E-state index contributed by atoms with van der Waals surface area (Å²) in [5, 5.41) is 11.5. The second-order valence-corrected chi connectivity index (χ2v) is 11.5. The van der Waals surface area contributed by atoms with Gasteiger partial charge in [-0.15, -0.1) is 6.42 Å². The first-order valence-corrected chi connectivity index (χ1v) is 14.0. The van der Waals surface area contributed by atoms with Crippen LogP contribution in [0.15, 0.2) is 36.5 Å². The lowest BCUT2D eigenvalue weighted by Crippen LogP contribution is -2.56. The highest BCUT2D eigenvalue weighted by Gasteiger charge is 2.50. The third-order valence-corrected chi connectivity index (χ3v) is 8.91. The Hall–Kier alpha value is -4.24. The SMILES string of the molecule is C#Cc1c(F)ccc2cc(O)cc(-c3cc4nc(OC[C@@]56CCCN5C[C@H](F)C6)ncc4c(N4CC[C@H]4C(F)(F)F)n3)c12. The van der Waals surface area contributed by atoms with Gasteiger partial charge in [0, 0.05) is 36.7 Å². The van der Waals surface area contributed by atoms with E-state index in [9.17, 15) is 27.1 Å². The number of phenols is 1. The van der Waals surface area contributed by atoms with Crippen LogP contribution in [0.5, 0.6) is 11.8 Å². The number of hydrogen-bond donors (Lipinski definition) is 1. The summed E-state index contributed by atoms with van der Waals surface area (Å²) in [5.41, 5.74) is 0.0993. The number of terminal acetylenes is 1. The van der Waals surface area contributed by atoms with Crippen LogP contribution in [0.3, 0.4) is 0 Å². The number of aromatic nitrogens is 3. The fourth-order valence-electron chi connectivity index (χ4n) is 6.82. The predicted octanol–water partition coefficient (Wildman–Crippen LogP) is 5.77. The Labute approximate surface area is 243 Å². The summed E-state index contributed by atoms with van der Waals surface area (Å²) in [6.45, 7) is 1.42. The number of nitrogens with zero attached hydrogens (tertiary/aromatic N) is 5. The van der Waals surface area contributed by atoms with E-state index in [-0.39, 0.29) is 70.3 Å². The van der Waals surface area contributed by atoms with Crippen molar-refractivity contribution in [2.75, 3.05) is 31.1 Å². The van der Waals surface area contributed by atoms with E-state index >= 15 is 0 Å². The van der Waals surface area contributed by atoms with Crippen molar-refractivity contribution >= 4 is 27.5 Å². The molecule has 1 N–H and O–H groups in total. The first-order valence-electron chi connectivity index (χ1n) is 14.0. The van der Waals surface area contributed by atoms with Gasteiger partial charge in [0.15, 0.2) is 0 Å². The molecule has 43 heavy (non-hydrogen) atoms. The third-order valence-electron chi connectivity index (χ3n) is 8.91. The molecule has 0 unspecified atom stereocenters. The Bertz CT molecular complexity index is 1810. The number of anilines is 1. The highest BCUT2D eigenvalue weighted by Crippen LogP contribution is 2.43. The molecule has 7 nitrogen and oxygen atoms in total. The molecule has 3 aliphatic heterocycles. The first-order chi connectivity index (χ1) is 20.6. The fraction of sp³-hybridized carbons (Fsp3) is 0.387. The number of aromatic hydroxyl groups is 1. The zero-order chi connectivity index (χ0) is 30.1. The van der Waals surface area contributed by atoms with E-state index in [1.165, 1.54) is 36.5 Å². The van der Waals surface area contributed by atoms with E-state index in [0.717, 1.165) is 24.3 Å². The van der Waals surface area contributed by atoms with Crippen molar-refractivity contribution in [3.05, 3.63) is 47.9 Å². The van der Waals surface area contributed by atoms with Crippen LogP contribution in [-0.4, -0.2) is 75.1 Å². The average Bonchev–Trinajstić information content (AvgIpc) is 3.45. The zero-order valence-electron chi connectivity index (χ0n) is 22.8. The Balaban J connectivity index is 1.37. The van der Waals surface area contributed by atoms with Gasteiger partial charge < -0.3 is 14.7 Å². The van der Waals surface area contributed by atoms with E-state index in [2.05, 4.69) is 25.8 Å². The predicted molar refractivity (Wildman–Crippen MR) is 150 cm³/mol. The minimum atomic E-state index is -4.49. The summed E-state index contributed by atoms with van der Waals surface area (Å²) in [4.78, 5) is 16.6. The van der Waals surface area contributed by atoms with E-state index in [1.807, 2.05) is 0 Å². The van der Waals surface area contributed by atoms with Crippen LogP contribution in [0.25, 0.3) is 32.9 Å². The van der Waals surface area contributed by atoms with Gasteiger partial charge in [-0.25, -0.2) is 18.7 Å². The maximum Gasteiger partial charge on any atom is 0.408 e. The smallest absolute Gasteiger partial charge is 0.408 e. The lowest BCUT2D eigenvalue weighted by Gasteiger charge is -2.43. The van der Waals surface area contributed by atoms with Crippen LogP contribution < -0.4 is 9.64 Å². The second kappa shape index (κ2) is 9.91. The molecule has 0 spiro atoms. The topological polar surface area (TPSA) is 74.6 Å². The molecule has 7 rings (SSSR count). The lowest BCUT2D eigenvalue weighted by molar-refractivity contribution is -0.159. The minimum absolute atomic E-state index is 0.000552. The van der Waals surface area contributed by atoms with Crippen molar-refractivity contribution in [3.8, 4) is 35.4 Å². The van der Waals surface area contributed by atoms with Gasteiger partial charge in [-0.1, -0.05) is 12.0 Å². The molecule has 222 valence electrons. The van der Waals surface area contributed by atoms with Gasteiger partial charge in [0.25, 0.3) is 0 Å². The Kier molecular flexibility index (Phi) is 6.36. The van der Waals surface area contributed by atoms with Gasteiger partial charge in [0.05, 0.1) is 27.7 Å². The number of rotatable bonds is 5. The summed E-state index contributed by atoms with van der Waals surface area (Å²) in [5.74, 6) is 1.52. The molecule has 4 aromatic rings. The normalized spacial score (nSPS) is 23.9. The Morgan fingerprint density at radius 3 is 2.74 bits per heavy atom. The summed E-state index contributed by atoms with van der Waals surface area (Å²) >= 11 is 0. The van der Waals surface area contributed by atoms with Crippen molar-refractivity contribution in [1.29, 1.82) is 0 Å². The van der Waals surface area contributed by atoms with Crippen LogP contribution in [0.2, 0.25) is 0 Å². The first kappa shape index (κ1) is 27.6. The molecule has 3 saturated heterocycles. The van der Waals surface area contributed by atoms with Gasteiger partial charge >= 0.3 is 12.2 Å². The molecule has 12 heteroatoms. The van der Waals surface area contributed by atoms with Crippen LogP contribution >= 0.6 is 0 Å². The molecule has 0 radical (unpaired) electrons. The molecule has 3 fully saturated rings. The number of ether oxygens (including phenoxy) is 1. The number of halogens is 5. The molecule has 3 atom stereocenters. The summed E-state index contributed by atoms with van der Waals surface area (Å²) in [6.07, 6.45) is 3.55. The molecular formula is C31H26F5N5O2. The van der Waals surface area contributed by atoms with Crippen molar-refractivity contribution in [2.45, 2.75) is 49.6 Å². The van der Waals surface area contributed by atoms with E-state index in [1.54, 1.807) is 0 Å². The summed E-state index contributed by atoms with van der Waals surface area (Å²) in [6, 6.07) is 5.17. The van der Waals surface area contributed by atoms with Gasteiger partial charge in [0.1, 0.15) is 36.2 Å². The molecule has 0 bridgehead atoms. The third kappa shape index (κ3) is 4.57. The van der Waals surface area contributed by atoms with Gasteiger partial charge in [0.2, 0.25) is 0 Å².